The molecule has 2 rings (SSSR count). The maximum absolute atomic E-state index is 12.1. The Morgan fingerprint density at radius 2 is 2.05 bits per heavy atom. The number of rotatable bonds is 5. The lowest BCUT2D eigenvalue weighted by molar-refractivity contribution is -0.134. The summed E-state index contributed by atoms with van der Waals surface area (Å²) in [7, 11) is 0. The lowest BCUT2D eigenvalue weighted by atomic mass is 9.79. The summed E-state index contributed by atoms with van der Waals surface area (Å²) < 4.78 is 6.81. The minimum absolute atomic E-state index is 0.0603. The molecule has 1 aromatic rings. The van der Waals surface area contributed by atoms with E-state index in [-0.39, 0.29) is 19.0 Å². The van der Waals surface area contributed by atoms with E-state index >= 15 is 0 Å². The van der Waals surface area contributed by atoms with Crippen molar-refractivity contribution in [2.75, 3.05) is 19.8 Å². The fourth-order valence-electron chi connectivity index (χ4n) is 2.56. The molecule has 22 heavy (non-hydrogen) atoms. The molecule has 1 aromatic heterocycles. The van der Waals surface area contributed by atoms with Crippen molar-refractivity contribution in [1.29, 1.82) is 0 Å². The summed E-state index contributed by atoms with van der Waals surface area (Å²) in [4.78, 5) is 23.8. The summed E-state index contributed by atoms with van der Waals surface area (Å²) in [5, 5.41) is 7.55. The third kappa shape index (κ3) is 3.41. The zero-order valence-corrected chi connectivity index (χ0v) is 13.6. The molecule has 0 aliphatic carbocycles. The number of nitrogens with one attached hydrogen (secondary N) is 1. The molecule has 8 heteroatoms. The van der Waals surface area contributed by atoms with Crippen LogP contribution in [0.4, 0.5) is 0 Å². The van der Waals surface area contributed by atoms with E-state index in [1.165, 1.54) is 0 Å². The fraction of sp³-hybridized carbons (Fsp3) is 0.643. The highest BCUT2D eigenvalue weighted by Gasteiger charge is 2.38. The predicted molar refractivity (Wildman–Crippen MR) is 81.4 cm³/mol. The Hall–Kier alpha value is -1.60. The number of amides is 2. The van der Waals surface area contributed by atoms with Gasteiger partial charge >= 0.3 is 0 Å². The van der Waals surface area contributed by atoms with Crippen molar-refractivity contribution >= 4 is 23.4 Å². The van der Waals surface area contributed by atoms with Crippen LogP contribution < -0.4 is 11.1 Å². The second-order valence-corrected chi connectivity index (χ2v) is 6.05. The van der Waals surface area contributed by atoms with Crippen LogP contribution in [0, 0.1) is 19.3 Å². The molecule has 2 amide bonds. The third-order valence-electron chi connectivity index (χ3n) is 4.18. The lowest BCUT2D eigenvalue weighted by Crippen LogP contribution is -2.50. The average Bonchev–Trinajstić information content (AvgIpc) is 2.73. The van der Waals surface area contributed by atoms with Gasteiger partial charge in [-0.3, -0.25) is 14.3 Å². The number of halogens is 1. The summed E-state index contributed by atoms with van der Waals surface area (Å²) in [5.41, 5.74) is 6.21. The van der Waals surface area contributed by atoms with Crippen LogP contribution in [0.2, 0.25) is 5.02 Å². The number of nitrogens with zero attached hydrogens (tertiary/aromatic N) is 2. The molecule has 1 saturated heterocycles. The molecule has 122 valence electrons. The van der Waals surface area contributed by atoms with Gasteiger partial charge in [-0.1, -0.05) is 11.6 Å². The highest BCUT2D eigenvalue weighted by atomic mass is 35.5. The first-order valence-corrected chi connectivity index (χ1v) is 7.57. The van der Waals surface area contributed by atoms with Crippen LogP contribution in [0.25, 0.3) is 0 Å². The largest absolute Gasteiger partial charge is 0.381 e. The zero-order chi connectivity index (χ0) is 16.3. The van der Waals surface area contributed by atoms with Crippen LogP contribution in [-0.4, -0.2) is 41.4 Å². The van der Waals surface area contributed by atoms with Gasteiger partial charge in [0, 0.05) is 19.8 Å². The molecule has 0 saturated carbocycles. The molecule has 1 aliphatic rings. The van der Waals surface area contributed by atoms with Crippen LogP contribution in [-0.2, 0) is 20.9 Å². The molecular weight excluding hydrogens is 308 g/mol. The summed E-state index contributed by atoms with van der Waals surface area (Å²) >= 11 is 6.05. The molecule has 0 atom stereocenters. The summed E-state index contributed by atoms with van der Waals surface area (Å²) in [6.45, 7) is 4.83. The van der Waals surface area contributed by atoms with Crippen LogP contribution in [0.1, 0.15) is 24.2 Å². The number of carbonyl (C=O) groups is 2. The fourth-order valence-corrected chi connectivity index (χ4v) is 2.70. The van der Waals surface area contributed by atoms with Gasteiger partial charge in [-0.2, -0.15) is 5.10 Å². The van der Waals surface area contributed by atoms with Crippen molar-refractivity contribution in [3.05, 3.63) is 16.4 Å². The van der Waals surface area contributed by atoms with E-state index in [0.717, 1.165) is 5.69 Å². The molecule has 0 radical (unpaired) electrons. The van der Waals surface area contributed by atoms with Gasteiger partial charge < -0.3 is 15.8 Å². The SMILES string of the molecule is Cc1nn(CC(=O)NCC2(C(N)=O)CCOCC2)c(C)c1Cl. The van der Waals surface area contributed by atoms with Gasteiger partial charge in [-0.05, 0) is 26.7 Å². The molecule has 7 nitrogen and oxygen atoms in total. The second kappa shape index (κ2) is 6.66. The van der Waals surface area contributed by atoms with E-state index in [4.69, 9.17) is 22.1 Å². The summed E-state index contributed by atoms with van der Waals surface area (Å²) in [6, 6.07) is 0. The molecular formula is C14H21ClN4O3. The van der Waals surface area contributed by atoms with E-state index in [0.29, 0.717) is 36.8 Å². The number of carbonyl (C=O) groups excluding carboxylic acids is 2. The number of primary amides is 1. The van der Waals surface area contributed by atoms with Gasteiger partial charge in [0.15, 0.2) is 0 Å². The number of aromatic nitrogens is 2. The highest BCUT2D eigenvalue weighted by molar-refractivity contribution is 6.31. The van der Waals surface area contributed by atoms with Gasteiger partial charge in [-0.25, -0.2) is 0 Å². The standard InChI is InChI=1S/C14H21ClN4O3/c1-9-12(15)10(2)19(18-9)7-11(20)17-8-14(13(16)21)3-5-22-6-4-14/h3-8H2,1-2H3,(H2,16,21)(H,17,20). The first-order chi connectivity index (χ1) is 10.4. The van der Waals surface area contributed by atoms with E-state index in [9.17, 15) is 9.59 Å². The Bertz CT molecular complexity index is 579. The Balaban J connectivity index is 1.96. The molecule has 0 spiro atoms. The topological polar surface area (TPSA) is 99.2 Å². The minimum atomic E-state index is -0.722. The molecule has 3 N–H and O–H groups in total. The van der Waals surface area contributed by atoms with Gasteiger partial charge in [0.1, 0.15) is 6.54 Å². The van der Waals surface area contributed by atoms with Crippen LogP contribution >= 0.6 is 11.6 Å². The van der Waals surface area contributed by atoms with E-state index < -0.39 is 11.3 Å². The van der Waals surface area contributed by atoms with E-state index in [1.54, 1.807) is 18.5 Å². The number of aryl methyl sites for hydroxylation is 1. The van der Waals surface area contributed by atoms with Crippen molar-refractivity contribution < 1.29 is 14.3 Å². The Morgan fingerprint density at radius 3 is 2.55 bits per heavy atom. The normalized spacial score (nSPS) is 17.2. The highest BCUT2D eigenvalue weighted by Crippen LogP contribution is 2.29. The number of hydrogen-bond acceptors (Lipinski definition) is 4. The first-order valence-electron chi connectivity index (χ1n) is 7.19. The van der Waals surface area contributed by atoms with Crippen molar-refractivity contribution in [2.45, 2.75) is 33.2 Å². The summed E-state index contributed by atoms with van der Waals surface area (Å²) in [6.07, 6.45) is 1.04. The van der Waals surface area contributed by atoms with Crippen molar-refractivity contribution in [2.24, 2.45) is 11.1 Å². The van der Waals surface area contributed by atoms with Gasteiger partial charge in [0.25, 0.3) is 0 Å². The van der Waals surface area contributed by atoms with Gasteiger partial charge in [0.2, 0.25) is 11.8 Å². The van der Waals surface area contributed by atoms with Crippen molar-refractivity contribution in [3.8, 4) is 0 Å². The number of nitrogens with two attached hydrogens (primary N) is 1. The third-order valence-corrected chi connectivity index (χ3v) is 4.73. The van der Waals surface area contributed by atoms with E-state index in [1.807, 2.05) is 0 Å². The smallest absolute Gasteiger partial charge is 0.241 e. The Kier molecular flexibility index (Phi) is 5.08. The molecule has 1 fully saturated rings. The Labute approximate surface area is 134 Å². The van der Waals surface area contributed by atoms with Crippen LogP contribution in [0.3, 0.4) is 0 Å². The van der Waals surface area contributed by atoms with E-state index in [2.05, 4.69) is 10.4 Å². The second-order valence-electron chi connectivity index (χ2n) is 5.68. The van der Waals surface area contributed by atoms with Gasteiger partial charge in [0.05, 0.1) is 21.8 Å². The predicted octanol–water partition coefficient (Wildman–Crippen LogP) is 0.552. The molecule has 0 bridgehead atoms. The molecule has 0 unspecified atom stereocenters. The molecule has 0 aromatic carbocycles. The monoisotopic (exact) mass is 328 g/mol. The Morgan fingerprint density at radius 1 is 1.41 bits per heavy atom. The van der Waals surface area contributed by atoms with Gasteiger partial charge in [-0.15, -0.1) is 0 Å². The van der Waals surface area contributed by atoms with Crippen LogP contribution in [0.15, 0.2) is 0 Å². The van der Waals surface area contributed by atoms with Crippen molar-refractivity contribution in [1.82, 2.24) is 15.1 Å². The molecule has 2 heterocycles. The lowest BCUT2D eigenvalue weighted by Gasteiger charge is -2.34. The number of ether oxygens (including phenoxy) is 1. The minimum Gasteiger partial charge on any atom is -0.381 e. The number of hydrogen-bond donors (Lipinski definition) is 2. The zero-order valence-electron chi connectivity index (χ0n) is 12.8. The van der Waals surface area contributed by atoms with Crippen LogP contribution in [0.5, 0.6) is 0 Å². The average molecular weight is 329 g/mol. The van der Waals surface area contributed by atoms with Crippen molar-refractivity contribution in [3.63, 3.8) is 0 Å². The maximum Gasteiger partial charge on any atom is 0.241 e. The quantitative estimate of drug-likeness (QED) is 0.824. The first kappa shape index (κ1) is 16.8. The summed E-state index contributed by atoms with van der Waals surface area (Å²) in [5.74, 6) is -0.625. The maximum atomic E-state index is 12.1. The molecule has 1 aliphatic heterocycles.